The van der Waals surface area contributed by atoms with Gasteiger partial charge in [-0.25, -0.2) is 0 Å². The number of nitrogens with one attached hydrogen (secondary N) is 1. The number of hydrogen-bond donors (Lipinski definition) is 1. The fourth-order valence-electron chi connectivity index (χ4n) is 4.30. The van der Waals surface area contributed by atoms with Gasteiger partial charge in [-0.3, -0.25) is 19.2 Å². The zero-order valence-corrected chi connectivity index (χ0v) is 19.6. The van der Waals surface area contributed by atoms with Gasteiger partial charge in [0, 0.05) is 31.5 Å². The van der Waals surface area contributed by atoms with Gasteiger partial charge >= 0.3 is 0 Å². The van der Waals surface area contributed by atoms with E-state index in [2.05, 4.69) is 5.32 Å². The molecule has 1 aliphatic rings. The van der Waals surface area contributed by atoms with E-state index >= 15 is 0 Å². The molecule has 33 heavy (non-hydrogen) atoms. The Hall–Kier alpha value is -3.45. The zero-order chi connectivity index (χ0) is 23.6. The molecule has 7 nitrogen and oxygen atoms in total. The largest absolute Gasteiger partial charge is 0.385 e. The molecule has 1 unspecified atom stereocenters. The number of benzene rings is 2. The highest BCUT2D eigenvalue weighted by Gasteiger charge is 2.49. The van der Waals surface area contributed by atoms with Crippen LogP contribution < -0.4 is 10.2 Å². The number of rotatable bonds is 7. The molecule has 1 atom stereocenters. The van der Waals surface area contributed by atoms with Gasteiger partial charge in [0.05, 0.1) is 12.2 Å². The lowest BCUT2D eigenvalue weighted by Gasteiger charge is -2.43. The topological polar surface area (TPSA) is 76.5 Å². The number of aryl methyl sites for hydroxylation is 1. The number of methoxy groups -OCH3 is 1. The van der Waals surface area contributed by atoms with Crippen LogP contribution >= 0.6 is 0 Å². The van der Waals surface area contributed by atoms with Crippen molar-refractivity contribution in [2.75, 3.05) is 25.2 Å². The van der Waals surface area contributed by atoms with Gasteiger partial charge in [-0.1, -0.05) is 42.5 Å². The molecule has 0 aliphatic carbocycles. The fourth-order valence-corrected chi connectivity index (χ4v) is 4.30. The molecule has 1 aliphatic heterocycles. The molecule has 3 aromatic rings. The summed E-state index contributed by atoms with van der Waals surface area (Å²) >= 11 is 0. The number of ether oxygens (including phenoxy) is 1. The first-order valence-electron chi connectivity index (χ1n) is 11.2. The first-order valence-corrected chi connectivity index (χ1v) is 11.2. The van der Waals surface area contributed by atoms with Crippen LogP contribution in [0.4, 0.5) is 5.69 Å². The van der Waals surface area contributed by atoms with Gasteiger partial charge in [0.15, 0.2) is 0 Å². The predicted octanol–water partition coefficient (Wildman–Crippen LogP) is 3.74. The van der Waals surface area contributed by atoms with E-state index in [1.54, 1.807) is 16.7 Å². The molecule has 2 amide bonds. The van der Waals surface area contributed by atoms with Gasteiger partial charge < -0.3 is 10.1 Å². The minimum absolute atomic E-state index is 0.213. The number of hydrogen-bond acceptors (Lipinski definition) is 4. The number of fused-ring (bicyclic) bond motifs is 1. The van der Waals surface area contributed by atoms with Crippen LogP contribution in [0.25, 0.3) is 11.3 Å². The molecular weight excluding hydrogens is 416 g/mol. The molecule has 0 fully saturated rings. The van der Waals surface area contributed by atoms with Crippen LogP contribution in [-0.2, 0) is 16.1 Å². The molecule has 1 N–H and O–H groups in total. The van der Waals surface area contributed by atoms with Crippen LogP contribution in [0.1, 0.15) is 35.0 Å². The minimum atomic E-state index is -1.14. The second-order valence-corrected chi connectivity index (χ2v) is 8.67. The van der Waals surface area contributed by atoms with Crippen molar-refractivity contribution in [3.8, 4) is 11.3 Å². The number of carbonyl (C=O) groups is 2. The van der Waals surface area contributed by atoms with Crippen LogP contribution in [0.15, 0.2) is 54.6 Å². The van der Waals surface area contributed by atoms with Crippen molar-refractivity contribution >= 4 is 17.5 Å². The third-order valence-corrected chi connectivity index (χ3v) is 6.34. The number of nitrogens with zero attached hydrogens (tertiary/aromatic N) is 3. The standard InChI is InChI=1S/C26H30N4O3/c1-18-10-8-13-22(19(18)2)30-24(31)23-16-21(20-11-6-5-7-12-20)28-29(23)17-26(30,3)25(32)27-14-9-15-33-4/h5-8,10-13,16H,9,14-15,17H2,1-4H3,(H,27,32). The van der Waals surface area contributed by atoms with Crippen LogP contribution in [0, 0.1) is 13.8 Å². The molecule has 0 radical (unpaired) electrons. The fraction of sp³-hybridized carbons (Fsp3) is 0.346. The third kappa shape index (κ3) is 4.16. The van der Waals surface area contributed by atoms with E-state index in [1.165, 1.54) is 0 Å². The Morgan fingerprint density at radius 1 is 1.15 bits per heavy atom. The maximum absolute atomic E-state index is 13.9. The van der Waals surface area contributed by atoms with E-state index in [0.29, 0.717) is 31.0 Å². The van der Waals surface area contributed by atoms with Crippen molar-refractivity contribution in [2.45, 2.75) is 39.3 Å². The van der Waals surface area contributed by atoms with E-state index in [0.717, 1.165) is 22.4 Å². The molecule has 1 aromatic heterocycles. The smallest absolute Gasteiger partial charge is 0.277 e. The first-order chi connectivity index (χ1) is 15.9. The minimum Gasteiger partial charge on any atom is -0.385 e. The summed E-state index contributed by atoms with van der Waals surface area (Å²) in [7, 11) is 1.63. The summed E-state index contributed by atoms with van der Waals surface area (Å²) in [6.45, 7) is 7.08. The number of carbonyl (C=O) groups excluding carboxylic acids is 2. The van der Waals surface area contributed by atoms with Crippen LogP contribution in [0.2, 0.25) is 0 Å². The summed E-state index contributed by atoms with van der Waals surface area (Å²) in [6.07, 6.45) is 0.695. The average molecular weight is 447 g/mol. The van der Waals surface area contributed by atoms with Gasteiger partial charge in [0.1, 0.15) is 11.2 Å². The van der Waals surface area contributed by atoms with E-state index in [1.807, 2.05) is 75.4 Å². The second kappa shape index (κ2) is 9.19. The van der Waals surface area contributed by atoms with E-state index < -0.39 is 5.54 Å². The van der Waals surface area contributed by atoms with E-state index in [4.69, 9.17) is 9.84 Å². The van der Waals surface area contributed by atoms with Crippen LogP contribution in [0.5, 0.6) is 0 Å². The van der Waals surface area contributed by atoms with Gasteiger partial charge in [-0.05, 0) is 50.5 Å². The molecule has 0 bridgehead atoms. The van der Waals surface area contributed by atoms with Gasteiger partial charge in [-0.2, -0.15) is 5.10 Å². The van der Waals surface area contributed by atoms with Crippen molar-refractivity contribution < 1.29 is 14.3 Å². The van der Waals surface area contributed by atoms with Crippen molar-refractivity contribution in [1.29, 1.82) is 0 Å². The molecule has 0 saturated heterocycles. The average Bonchev–Trinajstić information content (AvgIpc) is 3.24. The molecular formula is C26H30N4O3. The lowest BCUT2D eigenvalue weighted by atomic mass is 9.92. The molecule has 2 aromatic carbocycles. The van der Waals surface area contributed by atoms with Crippen molar-refractivity contribution in [2.24, 2.45) is 0 Å². The summed E-state index contributed by atoms with van der Waals surface area (Å²) in [6, 6.07) is 17.4. The zero-order valence-electron chi connectivity index (χ0n) is 19.6. The second-order valence-electron chi connectivity index (χ2n) is 8.67. The highest BCUT2D eigenvalue weighted by Crippen LogP contribution is 2.36. The van der Waals surface area contributed by atoms with Crippen LogP contribution in [-0.4, -0.2) is 47.4 Å². The maximum Gasteiger partial charge on any atom is 0.277 e. The molecule has 2 heterocycles. The van der Waals surface area contributed by atoms with Crippen LogP contribution in [0.3, 0.4) is 0 Å². The summed E-state index contributed by atoms with van der Waals surface area (Å²) in [5, 5.41) is 7.69. The molecule has 0 spiro atoms. The Kier molecular flexibility index (Phi) is 6.33. The predicted molar refractivity (Wildman–Crippen MR) is 128 cm³/mol. The normalized spacial score (nSPS) is 17.7. The van der Waals surface area contributed by atoms with E-state index in [-0.39, 0.29) is 18.4 Å². The maximum atomic E-state index is 13.9. The highest BCUT2D eigenvalue weighted by atomic mass is 16.5. The molecule has 7 heteroatoms. The quantitative estimate of drug-likeness (QED) is 0.561. The van der Waals surface area contributed by atoms with Gasteiger partial charge in [0.25, 0.3) is 5.91 Å². The van der Waals surface area contributed by atoms with Gasteiger partial charge in [-0.15, -0.1) is 0 Å². The lowest BCUT2D eigenvalue weighted by molar-refractivity contribution is -0.126. The molecule has 4 rings (SSSR count). The molecule has 172 valence electrons. The van der Waals surface area contributed by atoms with Crippen molar-refractivity contribution in [1.82, 2.24) is 15.1 Å². The molecule has 0 saturated carbocycles. The Labute approximate surface area is 194 Å². The highest BCUT2D eigenvalue weighted by molar-refractivity contribution is 6.12. The number of aromatic nitrogens is 2. The van der Waals surface area contributed by atoms with Gasteiger partial charge in [0.2, 0.25) is 5.91 Å². The van der Waals surface area contributed by atoms with Crippen molar-refractivity contribution in [3.63, 3.8) is 0 Å². The summed E-state index contributed by atoms with van der Waals surface area (Å²) in [5.74, 6) is -0.450. The Balaban J connectivity index is 1.78. The third-order valence-electron chi connectivity index (χ3n) is 6.34. The summed E-state index contributed by atoms with van der Waals surface area (Å²) in [5.41, 5.74) is 3.74. The monoisotopic (exact) mass is 446 g/mol. The Morgan fingerprint density at radius 2 is 1.91 bits per heavy atom. The number of amides is 2. The summed E-state index contributed by atoms with van der Waals surface area (Å²) < 4.78 is 6.76. The SMILES string of the molecule is COCCCNC(=O)C1(C)Cn2nc(-c3ccccc3)cc2C(=O)N1c1cccc(C)c1C. The lowest BCUT2D eigenvalue weighted by Crippen LogP contribution is -2.64. The summed E-state index contributed by atoms with van der Waals surface area (Å²) in [4.78, 5) is 29.0. The first kappa shape index (κ1) is 22.7. The Bertz CT molecular complexity index is 1170. The van der Waals surface area contributed by atoms with Crippen molar-refractivity contribution in [3.05, 3.63) is 71.4 Å². The number of anilines is 1. The van der Waals surface area contributed by atoms with E-state index in [9.17, 15) is 9.59 Å². The Morgan fingerprint density at radius 3 is 2.64 bits per heavy atom.